The molecule has 0 bridgehead atoms. The summed E-state index contributed by atoms with van der Waals surface area (Å²) in [7, 11) is 1.59. The highest BCUT2D eigenvalue weighted by atomic mass is 32.2. The normalized spacial score (nSPS) is 18.9. The van der Waals surface area contributed by atoms with E-state index >= 15 is 0 Å². The summed E-state index contributed by atoms with van der Waals surface area (Å²) in [4.78, 5) is 24.7. The number of aryl methyl sites for hydroxylation is 1. The minimum atomic E-state index is -1.05. The molecule has 1 amide bonds. The van der Waals surface area contributed by atoms with Crippen molar-refractivity contribution in [1.29, 1.82) is 0 Å². The number of hydrogen-bond acceptors (Lipinski definition) is 6. The van der Waals surface area contributed by atoms with Crippen LogP contribution in [0.5, 0.6) is 0 Å². The van der Waals surface area contributed by atoms with E-state index < -0.39 is 5.97 Å². The van der Waals surface area contributed by atoms with E-state index in [0.717, 1.165) is 17.4 Å². The number of carboxylic acids is 1. The minimum Gasteiger partial charge on any atom is -0.478 e. The van der Waals surface area contributed by atoms with E-state index in [1.54, 1.807) is 25.7 Å². The molecule has 0 aliphatic carbocycles. The number of aromatic carboxylic acids is 1. The Kier molecular flexibility index (Phi) is 3.88. The molecule has 6 nitrogen and oxygen atoms in total. The van der Waals surface area contributed by atoms with Crippen molar-refractivity contribution in [2.45, 2.75) is 13.0 Å². The van der Waals surface area contributed by atoms with Crippen molar-refractivity contribution in [2.24, 2.45) is 0 Å². The van der Waals surface area contributed by atoms with Crippen LogP contribution >= 0.6 is 23.3 Å². The Bertz CT molecular complexity index is 483. The van der Waals surface area contributed by atoms with Crippen molar-refractivity contribution in [3.05, 3.63) is 11.3 Å². The highest BCUT2D eigenvalue weighted by molar-refractivity contribution is 7.99. The number of nitrogens with one attached hydrogen (secondary N) is 1. The first-order chi connectivity index (χ1) is 8.52. The number of likely N-dealkylation sites (N-methyl/N-ethyl adjacent to an activating group) is 1. The second-order valence-electron chi connectivity index (χ2n) is 3.92. The van der Waals surface area contributed by atoms with Gasteiger partial charge in [0.1, 0.15) is 10.6 Å². The highest BCUT2D eigenvalue weighted by Crippen LogP contribution is 2.28. The van der Waals surface area contributed by atoms with Crippen molar-refractivity contribution in [3.63, 3.8) is 0 Å². The van der Waals surface area contributed by atoms with Gasteiger partial charge in [-0.25, -0.2) is 4.79 Å². The molecule has 1 saturated heterocycles. The van der Waals surface area contributed by atoms with Crippen LogP contribution in [0.4, 0.5) is 5.00 Å². The lowest BCUT2D eigenvalue weighted by atomic mass is 10.2. The molecule has 1 aliphatic rings. The van der Waals surface area contributed by atoms with E-state index in [2.05, 4.69) is 9.69 Å². The second kappa shape index (κ2) is 5.25. The van der Waals surface area contributed by atoms with Crippen LogP contribution in [0.25, 0.3) is 0 Å². The lowest BCUT2D eigenvalue weighted by molar-refractivity contribution is -0.119. The summed E-state index contributed by atoms with van der Waals surface area (Å²) >= 11 is 2.69. The fraction of sp³-hybridized carbons (Fsp3) is 0.500. The fourth-order valence-electron chi connectivity index (χ4n) is 1.72. The van der Waals surface area contributed by atoms with Crippen LogP contribution in [-0.2, 0) is 4.79 Å². The van der Waals surface area contributed by atoms with E-state index in [1.165, 1.54) is 4.90 Å². The topological polar surface area (TPSA) is 82.5 Å². The van der Waals surface area contributed by atoms with Crippen molar-refractivity contribution in [2.75, 3.05) is 23.6 Å². The minimum absolute atomic E-state index is 0.113. The molecule has 2 heterocycles. The third-order valence-corrected chi connectivity index (χ3v) is 4.66. The highest BCUT2D eigenvalue weighted by Gasteiger charge is 2.30. The first-order valence-electron chi connectivity index (χ1n) is 5.30. The van der Waals surface area contributed by atoms with Gasteiger partial charge in [-0.05, 0) is 18.5 Å². The fourth-order valence-corrected chi connectivity index (χ4v) is 3.51. The van der Waals surface area contributed by atoms with Gasteiger partial charge in [0.05, 0.1) is 11.7 Å². The molecule has 1 aromatic heterocycles. The Morgan fingerprint density at radius 2 is 2.28 bits per heavy atom. The molecule has 1 unspecified atom stereocenters. The first kappa shape index (κ1) is 13.3. The van der Waals surface area contributed by atoms with Gasteiger partial charge >= 0.3 is 5.97 Å². The average molecular weight is 287 g/mol. The Morgan fingerprint density at radius 1 is 1.56 bits per heavy atom. The van der Waals surface area contributed by atoms with E-state index in [1.807, 2.05) is 0 Å². The molecule has 2 N–H and O–H groups in total. The number of nitrogens with zero attached hydrogens (tertiary/aromatic N) is 2. The lowest BCUT2D eigenvalue weighted by Crippen LogP contribution is -2.43. The van der Waals surface area contributed by atoms with E-state index in [0.29, 0.717) is 16.4 Å². The zero-order chi connectivity index (χ0) is 13.3. The molecule has 0 saturated carbocycles. The van der Waals surface area contributed by atoms with Gasteiger partial charge in [0.2, 0.25) is 5.91 Å². The molecular formula is C10H13N3O3S2. The number of carbonyl (C=O) groups excluding carboxylic acids is 1. The van der Waals surface area contributed by atoms with Crippen molar-refractivity contribution in [1.82, 2.24) is 9.69 Å². The molecular weight excluding hydrogens is 274 g/mol. The van der Waals surface area contributed by atoms with Gasteiger partial charge in [0.25, 0.3) is 0 Å². The maximum atomic E-state index is 12.2. The summed E-state index contributed by atoms with van der Waals surface area (Å²) in [5.74, 6) is 0.289. The number of rotatable bonds is 3. The van der Waals surface area contributed by atoms with Gasteiger partial charge in [-0.1, -0.05) is 0 Å². The van der Waals surface area contributed by atoms with Crippen LogP contribution < -0.4 is 10.2 Å². The largest absolute Gasteiger partial charge is 0.478 e. The standard InChI is InChI=1S/C10H13N3O3S2/c1-5-7(10(15)16)9(18-12-5)13(2)8(14)6-3-17-4-11-6/h6,11H,3-4H2,1-2H3,(H,15,16). The third kappa shape index (κ3) is 2.36. The number of hydrogen-bond donors (Lipinski definition) is 2. The van der Waals surface area contributed by atoms with Crippen LogP contribution in [0.2, 0.25) is 0 Å². The molecule has 18 heavy (non-hydrogen) atoms. The zero-order valence-electron chi connectivity index (χ0n) is 9.97. The van der Waals surface area contributed by atoms with E-state index in [-0.39, 0.29) is 17.5 Å². The van der Waals surface area contributed by atoms with Gasteiger partial charge < -0.3 is 10.0 Å². The van der Waals surface area contributed by atoms with Crippen LogP contribution in [-0.4, -0.2) is 46.1 Å². The predicted molar refractivity (Wildman–Crippen MR) is 71.5 cm³/mol. The van der Waals surface area contributed by atoms with Crippen LogP contribution in [0.15, 0.2) is 0 Å². The summed E-state index contributed by atoms with van der Waals surface area (Å²) in [5.41, 5.74) is 0.553. The van der Waals surface area contributed by atoms with Gasteiger partial charge in [-0.15, -0.1) is 11.8 Å². The smallest absolute Gasteiger partial charge is 0.340 e. The second-order valence-corrected chi connectivity index (χ2v) is 5.70. The van der Waals surface area contributed by atoms with Crippen molar-refractivity contribution >= 4 is 40.2 Å². The zero-order valence-corrected chi connectivity index (χ0v) is 11.6. The summed E-state index contributed by atoms with van der Waals surface area (Å²) in [6, 6.07) is -0.246. The van der Waals surface area contributed by atoms with Crippen LogP contribution in [0.3, 0.4) is 0 Å². The van der Waals surface area contributed by atoms with Gasteiger partial charge in [0.15, 0.2) is 0 Å². The molecule has 2 rings (SSSR count). The van der Waals surface area contributed by atoms with Gasteiger partial charge in [-0.2, -0.15) is 4.37 Å². The molecule has 8 heteroatoms. The number of amides is 1. The summed E-state index contributed by atoms with van der Waals surface area (Å²) in [5, 5.41) is 12.6. The maximum absolute atomic E-state index is 12.2. The van der Waals surface area contributed by atoms with E-state index in [4.69, 9.17) is 5.11 Å². The Labute approximate surface area is 113 Å². The molecule has 0 aromatic carbocycles. The van der Waals surface area contributed by atoms with Crippen LogP contribution in [0.1, 0.15) is 16.1 Å². The molecule has 98 valence electrons. The quantitative estimate of drug-likeness (QED) is 0.854. The van der Waals surface area contributed by atoms with Gasteiger partial charge in [0, 0.05) is 18.7 Å². The number of thioether (sulfide) groups is 1. The number of carbonyl (C=O) groups is 2. The lowest BCUT2D eigenvalue weighted by Gasteiger charge is -2.19. The first-order valence-corrected chi connectivity index (χ1v) is 7.23. The number of carboxylic acid groups (broad SMARTS) is 1. The van der Waals surface area contributed by atoms with Crippen LogP contribution in [0, 0.1) is 6.92 Å². The number of aromatic nitrogens is 1. The van der Waals surface area contributed by atoms with Gasteiger partial charge in [-0.3, -0.25) is 10.1 Å². The Morgan fingerprint density at radius 3 is 2.83 bits per heavy atom. The summed E-state index contributed by atoms with van der Waals surface area (Å²) < 4.78 is 4.01. The van der Waals surface area contributed by atoms with E-state index in [9.17, 15) is 9.59 Å². The third-order valence-electron chi connectivity index (χ3n) is 2.71. The average Bonchev–Trinajstić information content (AvgIpc) is 2.95. The monoisotopic (exact) mass is 287 g/mol. The maximum Gasteiger partial charge on any atom is 0.340 e. The van der Waals surface area contributed by atoms with Crippen molar-refractivity contribution in [3.8, 4) is 0 Å². The number of anilines is 1. The molecule has 1 aromatic rings. The molecule has 1 atom stereocenters. The Balaban J connectivity index is 2.25. The van der Waals surface area contributed by atoms with Crippen molar-refractivity contribution < 1.29 is 14.7 Å². The molecule has 0 spiro atoms. The summed E-state index contributed by atoms with van der Waals surface area (Å²) in [6.07, 6.45) is 0. The molecule has 1 aliphatic heterocycles. The molecule has 1 fully saturated rings. The Hall–Kier alpha value is -1.12. The summed E-state index contributed by atoms with van der Waals surface area (Å²) in [6.45, 7) is 1.63. The predicted octanol–water partition coefficient (Wildman–Crippen LogP) is 0.775. The SMILES string of the molecule is Cc1nsc(N(C)C(=O)C2CSCN2)c1C(=O)O. The molecule has 0 radical (unpaired) electrons.